The lowest BCUT2D eigenvalue weighted by Gasteiger charge is -2.57. The zero-order valence-corrected chi connectivity index (χ0v) is 14.1. The Morgan fingerprint density at radius 2 is 1.87 bits per heavy atom. The topological polar surface area (TPSA) is 54.5 Å². The van der Waals surface area contributed by atoms with Gasteiger partial charge in [-0.05, 0) is 56.3 Å². The number of thiazole rings is 1. The van der Waals surface area contributed by atoms with E-state index in [1.165, 1.54) is 49.9 Å². The Bertz CT molecular complexity index is 562. The van der Waals surface area contributed by atoms with Crippen LogP contribution in [0.4, 0.5) is 4.79 Å². The predicted octanol–water partition coefficient (Wildman–Crippen LogP) is 2.88. The van der Waals surface area contributed by atoms with Crippen molar-refractivity contribution < 1.29 is 9.53 Å². The number of hydrogen-bond acceptors (Lipinski definition) is 4. The number of rotatable bonds is 3. The van der Waals surface area contributed by atoms with Crippen molar-refractivity contribution in [3.8, 4) is 5.19 Å². The third kappa shape index (κ3) is 2.51. The number of urea groups is 1. The molecule has 4 saturated carbocycles. The van der Waals surface area contributed by atoms with Gasteiger partial charge in [-0.15, -0.1) is 0 Å². The van der Waals surface area contributed by atoms with Crippen LogP contribution < -0.4 is 10.1 Å². The predicted molar refractivity (Wildman–Crippen MR) is 87.5 cm³/mol. The molecule has 5 aliphatic rings. The Kier molecular flexibility index (Phi) is 3.12. The van der Waals surface area contributed by atoms with Crippen LogP contribution in [0.3, 0.4) is 0 Å². The molecule has 1 aliphatic heterocycles. The zero-order valence-electron chi connectivity index (χ0n) is 13.2. The van der Waals surface area contributed by atoms with E-state index in [0.29, 0.717) is 18.3 Å². The number of carbonyl (C=O) groups excluding carboxylic acids is 1. The molecule has 1 N–H and O–H groups in total. The molecule has 1 saturated heterocycles. The molecule has 1 aromatic heterocycles. The summed E-state index contributed by atoms with van der Waals surface area (Å²) in [6, 6.07) is 0.117. The van der Waals surface area contributed by atoms with Gasteiger partial charge in [0.1, 0.15) is 6.10 Å². The van der Waals surface area contributed by atoms with E-state index in [4.69, 9.17) is 4.74 Å². The fourth-order valence-electron chi connectivity index (χ4n) is 5.66. The molecule has 124 valence electrons. The summed E-state index contributed by atoms with van der Waals surface area (Å²) in [5, 5.41) is 6.04. The van der Waals surface area contributed by atoms with Gasteiger partial charge >= 0.3 is 6.03 Å². The highest BCUT2D eigenvalue weighted by Crippen LogP contribution is 2.55. The summed E-state index contributed by atoms with van der Waals surface area (Å²) in [5.41, 5.74) is 0.104. The van der Waals surface area contributed by atoms with Gasteiger partial charge < -0.3 is 15.0 Å². The molecule has 0 aromatic carbocycles. The molecule has 5 fully saturated rings. The fourth-order valence-corrected chi connectivity index (χ4v) is 6.21. The Morgan fingerprint density at radius 1 is 1.22 bits per heavy atom. The molecule has 0 atom stereocenters. The Morgan fingerprint density at radius 3 is 2.43 bits per heavy atom. The Balaban J connectivity index is 1.17. The lowest BCUT2D eigenvalue weighted by atomic mass is 9.53. The third-order valence-electron chi connectivity index (χ3n) is 6.22. The van der Waals surface area contributed by atoms with E-state index >= 15 is 0 Å². The van der Waals surface area contributed by atoms with E-state index in [-0.39, 0.29) is 17.7 Å². The molecular weight excluding hydrogens is 310 g/mol. The molecule has 5 nitrogen and oxygen atoms in total. The van der Waals surface area contributed by atoms with Gasteiger partial charge in [-0.2, -0.15) is 0 Å². The molecule has 6 heteroatoms. The summed E-state index contributed by atoms with van der Waals surface area (Å²) >= 11 is 1.50. The first-order valence-corrected chi connectivity index (χ1v) is 9.69. The van der Waals surface area contributed by atoms with E-state index in [1.807, 2.05) is 10.3 Å². The first-order chi connectivity index (χ1) is 11.2. The average molecular weight is 333 g/mol. The van der Waals surface area contributed by atoms with E-state index in [9.17, 15) is 4.79 Å². The molecule has 0 unspecified atom stereocenters. The minimum Gasteiger partial charge on any atom is -0.463 e. The van der Waals surface area contributed by atoms with Gasteiger partial charge in [0.2, 0.25) is 0 Å². The molecule has 0 spiro atoms. The van der Waals surface area contributed by atoms with Gasteiger partial charge in [-0.3, -0.25) is 0 Å². The lowest BCUT2D eigenvalue weighted by molar-refractivity contribution is -0.0213. The van der Waals surface area contributed by atoms with Crippen LogP contribution in [0.2, 0.25) is 0 Å². The second-order valence-electron chi connectivity index (χ2n) is 8.07. The molecule has 2 heterocycles. The van der Waals surface area contributed by atoms with Crippen molar-refractivity contribution in [3.05, 3.63) is 11.6 Å². The number of likely N-dealkylation sites (tertiary alicyclic amines) is 1. The van der Waals surface area contributed by atoms with Crippen molar-refractivity contribution in [2.24, 2.45) is 17.8 Å². The first kappa shape index (κ1) is 14.1. The summed E-state index contributed by atoms with van der Waals surface area (Å²) < 4.78 is 5.75. The van der Waals surface area contributed by atoms with Crippen molar-refractivity contribution in [1.29, 1.82) is 0 Å². The van der Waals surface area contributed by atoms with E-state index < -0.39 is 0 Å². The van der Waals surface area contributed by atoms with Gasteiger partial charge in [0, 0.05) is 17.1 Å². The van der Waals surface area contributed by atoms with Crippen molar-refractivity contribution in [2.45, 2.75) is 50.2 Å². The zero-order chi connectivity index (χ0) is 15.4. The summed E-state index contributed by atoms with van der Waals surface area (Å²) in [6.45, 7) is 1.36. The monoisotopic (exact) mass is 333 g/mol. The SMILES string of the molecule is O=C(NC12CC3CC(CC(C3)C1)C2)N1CC(Oc2nccs2)C1. The summed E-state index contributed by atoms with van der Waals surface area (Å²) in [4.78, 5) is 18.6. The quantitative estimate of drug-likeness (QED) is 0.925. The second-order valence-corrected chi connectivity index (χ2v) is 8.93. The van der Waals surface area contributed by atoms with E-state index in [0.717, 1.165) is 17.8 Å². The summed E-state index contributed by atoms with van der Waals surface area (Å²) in [7, 11) is 0. The number of amides is 2. The Labute approximate surface area is 140 Å². The van der Waals surface area contributed by atoms with Crippen LogP contribution in [0, 0.1) is 17.8 Å². The normalized spacial score (nSPS) is 38.4. The highest BCUT2D eigenvalue weighted by Gasteiger charge is 2.52. The largest absolute Gasteiger partial charge is 0.463 e. The standard InChI is InChI=1S/C17H23N3O2S/c21-15(20-9-14(10-20)22-16-18-1-2-23-16)19-17-6-11-3-12(7-17)5-13(4-11)8-17/h1-2,11-14H,3-10H2,(H,19,21). The molecular formula is C17H23N3O2S. The van der Waals surface area contributed by atoms with Crippen molar-refractivity contribution in [1.82, 2.24) is 15.2 Å². The Hall–Kier alpha value is -1.30. The van der Waals surface area contributed by atoms with Crippen LogP contribution in [-0.4, -0.2) is 40.6 Å². The minimum absolute atomic E-state index is 0.100. The number of ether oxygens (including phenoxy) is 1. The maximum atomic E-state index is 12.6. The molecule has 1 aromatic rings. The number of aromatic nitrogens is 1. The van der Waals surface area contributed by atoms with Crippen LogP contribution in [0.25, 0.3) is 0 Å². The summed E-state index contributed by atoms with van der Waals surface area (Å²) in [6.07, 6.45) is 9.68. The molecule has 23 heavy (non-hydrogen) atoms. The van der Waals surface area contributed by atoms with Crippen LogP contribution in [0.15, 0.2) is 11.6 Å². The highest BCUT2D eigenvalue weighted by atomic mass is 32.1. The van der Waals surface area contributed by atoms with Crippen LogP contribution in [-0.2, 0) is 0 Å². The van der Waals surface area contributed by atoms with Gasteiger partial charge in [-0.25, -0.2) is 9.78 Å². The van der Waals surface area contributed by atoms with Gasteiger partial charge in [0.05, 0.1) is 13.1 Å². The maximum Gasteiger partial charge on any atom is 0.318 e. The average Bonchev–Trinajstić information content (AvgIpc) is 2.93. The molecule has 6 rings (SSSR count). The minimum atomic E-state index is 0.100. The van der Waals surface area contributed by atoms with Gasteiger partial charge in [-0.1, -0.05) is 11.3 Å². The lowest BCUT2D eigenvalue weighted by Crippen LogP contribution is -2.66. The third-order valence-corrected chi connectivity index (χ3v) is 6.88. The second kappa shape index (κ2) is 5.10. The first-order valence-electron chi connectivity index (χ1n) is 8.81. The van der Waals surface area contributed by atoms with Crippen LogP contribution >= 0.6 is 11.3 Å². The smallest absolute Gasteiger partial charge is 0.318 e. The molecule has 4 bridgehead atoms. The summed E-state index contributed by atoms with van der Waals surface area (Å²) in [5.74, 6) is 2.58. The van der Waals surface area contributed by atoms with Crippen molar-refractivity contribution >= 4 is 17.4 Å². The highest BCUT2D eigenvalue weighted by molar-refractivity contribution is 7.11. The number of hydrogen-bond donors (Lipinski definition) is 1. The van der Waals surface area contributed by atoms with E-state index in [1.54, 1.807) is 6.20 Å². The number of nitrogens with zero attached hydrogens (tertiary/aromatic N) is 2. The number of nitrogens with one attached hydrogen (secondary N) is 1. The molecule has 4 aliphatic carbocycles. The van der Waals surface area contributed by atoms with Crippen molar-refractivity contribution in [3.63, 3.8) is 0 Å². The van der Waals surface area contributed by atoms with Crippen molar-refractivity contribution in [2.75, 3.05) is 13.1 Å². The maximum absolute atomic E-state index is 12.6. The molecule has 2 amide bonds. The van der Waals surface area contributed by atoms with Gasteiger partial charge in [0.25, 0.3) is 5.19 Å². The van der Waals surface area contributed by atoms with Crippen LogP contribution in [0.5, 0.6) is 5.19 Å². The number of carbonyl (C=O) groups is 1. The molecule has 0 radical (unpaired) electrons. The fraction of sp³-hybridized carbons (Fsp3) is 0.765. The van der Waals surface area contributed by atoms with Crippen LogP contribution in [0.1, 0.15) is 38.5 Å². The van der Waals surface area contributed by atoms with Gasteiger partial charge in [0.15, 0.2) is 0 Å². The van der Waals surface area contributed by atoms with E-state index in [2.05, 4.69) is 10.3 Å².